The standard InChI is InChI=1S/C21H36N2O3/c24-20(25)10-8-6-4-2-1-3-5-7-9-13-22-21(26)23-16-19-15-17-11-12-18(19)14-17/h11-12,17-19H,1-10,13-16H2,(H,24,25)(H2,22,23,26). The highest BCUT2D eigenvalue weighted by molar-refractivity contribution is 5.73. The maximum absolute atomic E-state index is 11.8. The van der Waals surface area contributed by atoms with Crippen LogP contribution in [0, 0.1) is 17.8 Å². The topological polar surface area (TPSA) is 78.4 Å². The van der Waals surface area contributed by atoms with E-state index in [0.29, 0.717) is 18.3 Å². The summed E-state index contributed by atoms with van der Waals surface area (Å²) in [4.78, 5) is 22.2. The van der Waals surface area contributed by atoms with Gasteiger partial charge < -0.3 is 15.7 Å². The predicted molar refractivity (Wildman–Crippen MR) is 104 cm³/mol. The van der Waals surface area contributed by atoms with Gasteiger partial charge in [-0.3, -0.25) is 4.79 Å². The van der Waals surface area contributed by atoms with E-state index in [4.69, 9.17) is 5.11 Å². The predicted octanol–water partition coefficient (Wildman–Crippen LogP) is 4.48. The van der Waals surface area contributed by atoms with Crippen LogP contribution in [0.1, 0.15) is 77.0 Å². The first-order valence-electron chi connectivity index (χ1n) is 10.6. The Morgan fingerprint density at radius 2 is 1.50 bits per heavy atom. The first-order valence-corrected chi connectivity index (χ1v) is 10.6. The molecule has 3 unspecified atom stereocenters. The fraction of sp³-hybridized carbons (Fsp3) is 0.810. The van der Waals surface area contributed by atoms with E-state index in [2.05, 4.69) is 22.8 Å². The molecule has 1 fully saturated rings. The van der Waals surface area contributed by atoms with Gasteiger partial charge in [0.2, 0.25) is 0 Å². The average molecular weight is 365 g/mol. The zero-order chi connectivity index (χ0) is 18.6. The van der Waals surface area contributed by atoms with Gasteiger partial charge in [-0.2, -0.15) is 0 Å². The van der Waals surface area contributed by atoms with Crippen molar-refractivity contribution in [2.75, 3.05) is 13.1 Å². The number of carbonyl (C=O) groups excluding carboxylic acids is 1. The molecular formula is C21H36N2O3. The number of hydrogen-bond donors (Lipinski definition) is 3. The summed E-state index contributed by atoms with van der Waals surface area (Å²) in [7, 11) is 0. The van der Waals surface area contributed by atoms with E-state index in [-0.39, 0.29) is 6.03 Å². The van der Waals surface area contributed by atoms with E-state index >= 15 is 0 Å². The Bertz CT molecular complexity index is 464. The summed E-state index contributed by atoms with van der Waals surface area (Å²) in [5, 5.41) is 14.6. The largest absolute Gasteiger partial charge is 0.481 e. The highest BCUT2D eigenvalue weighted by Gasteiger charge is 2.35. The number of carbonyl (C=O) groups is 2. The van der Waals surface area contributed by atoms with E-state index < -0.39 is 5.97 Å². The molecule has 0 saturated heterocycles. The second kappa shape index (κ2) is 12.0. The highest BCUT2D eigenvalue weighted by Crippen LogP contribution is 2.42. The SMILES string of the molecule is O=C(O)CCCCCCCCCCCNC(=O)NCC1CC2C=CC1C2. The third-order valence-electron chi connectivity index (χ3n) is 5.79. The first kappa shape index (κ1) is 20.8. The van der Waals surface area contributed by atoms with Crippen molar-refractivity contribution >= 4 is 12.0 Å². The molecule has 2 aliphatic carbocycles. The van der Waals surface area contributed by atoms with Gasteiger partial charge in [0, 0.05) is 19.5 Å². The third-order valence-corrected chi connectivity index (χ3v) is 5.79. The van der Waals surface area contributed by atoms with E-state index in [1.807, 2.05) is 0 Å². The van der Waals surface area contributed by atoms with Crippen LogP contribution in [0.4, 0.5) is 4.79 Å². The minimum Gasteiger partial charge on any atom is -0.481 e. The molecule has 3 N–H and O–H groups in total. The molecule has 0 spiro atoms. The zero-order valence-electron chi connectivity index (χ0n) is 16.0. The maximum atomic E-state index is 11.8. The molecule has 26 heavy (non-hydrogen) atoms. The van der Waals surface area contributed by atoms with E-state index in [0.717, 1.165) is 51.1 Å². The number of hydrogen-bond acceptors (Lipinski definition) is 2. The number of amides is 2. The summed E-state index contributed by atoms with van der Waals surface area (Å²) >= 11 is 0. The number of rotatable bonds is 14. The van der Waals surface area contributed by atoms with E-state index in [1.165, 1.54) is 38.5 Å². The monoisotopic (exact) mass is 364 g/mol. The van der Waals surface area contributed by atoms with Crippen molar-refractivity contribution in [2.45, 2.75) is 77.0 Å². The quantitative estimate of drug-likeness (QED) is 0.314. The lowest BCUT2D eigenvalue weighted by Crippen LogP contribution is -2.39. The first-order chi connectivity index (χ1) is 12.6. The summed E-state index contributed by atoms with van der Waals surface area (Å²) in [5.74, 6) is 1.41. The minimum absolute atomic E-state index is 0.0156. The van der Waals surface area contributed by atoms with Gasteiger partial charge in [-0.25, -0.2) is 4.79 Å². The number of urea groups is 1. The molecule has 1 saturated carbocycles. The van der Waals surface area contributed by atoms with Crippen LogP contribution in [-0.2, 0) is 4.79 Å². The second-order valence-corrected chi connectivity index (χ2v) is 8.00. The van der Waals surface area contributed by atoms with Crippen molar-refractivity contribution in [3.8, 4) is 0 Å². The second-order valence-electron chi connectivity index (χ2n) is 8.00. The molecule has 2 bridgehead atoms. The maximum Gasteiger partial charge on any atom is 0.314 e. The number of aliphatic carboxylic acids is 1. The van der Waals surface area contributed by atoms with Gasteiger partial charge in [-0.05, 0) is 43.4 Å². The molecule has 5 heteroatoms. The zero-order valence-corrected chi connectivity index (χ0v) is 16.0. The lowest BCUT2D eigenvalue weighted by atomic mass is 9.94. The van der Waals surface area contributed by atoms with Gasteiger partial charge in [-0.1, -0.05) is 57.1 Å². The number of carboxylic acids is 1. The molecule has 2 amide bonds. The highest BCUT2D eigenvalue weighted by atomic mass is 16.4. The summed E-state index contributed by atoms with van der Waals surface area (Å²) in [6.07, 6.45) is 17.6. The minimum atomic E-state index is -0.685. The van der Waals surface area contributed by atoms with Gasteiger partial charge in [0.1, 0.15) is 0 Å². The molecule has 2 aliphatic rings. The Labute approximate surface area is 158 Å². The fourth-order valence-corrected chi connectivity index (χ4v) is 4.26. The third kappa shape index (κ3) is 8.24. The lowest BCUT2D eigenvalue weighted by Gasteiger charge is -2.18. The summed E-state index contributed by atoms with van der Waals surface area (Å²) < 4.78 is 0. The molecule has 0 aromatic rings. The van der Waals surface area contributed by atoms with Crippen LogP contribution in [0.15, 0.2) is 12.2 Å². The molecule has 0 aliphatic heterocycles. The van der Waals surface area contributed by atoms with Crippen molar-refractivity contribution < 1.29 is 14.7 Å². The van der Waals surface area contributed by atoms with Crippen molar-refractivity contribution in [3.05, 3.63) is 12.2 Å². The summed E-state index contributed by atoms with van der Waals surface area (Å²) in [6, 6.07) is -0.0156. The molecule has 0 aromatic carbocycles. The summed E-state index contributed by atoms with van der Waals surface area (Å²) in [6.45, 7) is 1.57. The Morgan fingerprint density at radius 3 is 2.08 bits per heavy atom. The lowest BCUT2D eigenvalue weighted by molar-refractivity contribution is -0.137. The van der Waals surface area contributed by atoms with Gasteiger partial charge in [0.25, 0.3) is 0 Å². The van der Waals surface area contributed by atoms with Crippen LogP contribution < -0.4 is 10.6 Å². The molecule has 3 atom stereocenters. The van der Waals surface area contributed by atoms with Crippen LogP contribution in [0.25, 0.3) is 0 Å². The molecule has 0 aromatic heterocycles. The van der Waals surface area contributed by atoms with Gasteiger partial charge >= 0.3 is 12.0 Å². The van der Waals surface area contributed by atoms with Crippen LogP contribution in [0.3, 0.4) is 0 Å². The Balaban J connectivity index is 1.31. The van der Waals surface area contributed by atoms with Crippen molar-refractivity contribution in [3.63, 3.8) is 0 Å². The molecule has 0 heterocycles. The molecule has 0 radical (unpaired) electrons. The van der Waals surface area contributed by atoms with Gasteiger partial charge in [-0.15, -0.1) is 0 Å². The molecule has 148 valence electrons. The Kier molecular flexibility index (Phi) is 9.57. The van der Waals surface area contributed by atoms with Gasteiger partial charge in [0.05, 0.1) is 0 Å². The fourth-order valence-electron chi connectivity index (χ4n) is 4.26. The number of carboxylic acid groups (broad SMARTS) is 1. The van der Waals surface area contributed by atoms with Crippen LogP contribution in [-0.4, -0.2) is 30.2 Å². The van der Waals surface area contributed by atoms with E-state index in [1.54, 1.807) is 0 Å². The molecular weight excluding hydrogens is 328 g/mol. The normalized spacial score (nSPS) is 23.3. The summed E-state index contributed by atoms with van der Waals surface area (Å²) in [5.41, 5.74) is 0. The average Bonchev–Trinajstić information content (AvgIpc) is 3.23. The van der Waals surface area contributed by atoms with Crippen molar-refractivity contribution in [1.82, 2.24) is 10.6 Å². The number of fused-ring (bicyclic) bond motifs is 2. The van der Waals surface area contributed by atoms with Crippen LogP contribution in [0.5, 0.6) is 0 Å². The van der Waals surface area contributed by atoms with Crippen molar-refractivity contribution in [1.29, 1.82) is 0 Å². The van der Waals surface area contributed by atoms with E-state index in [9.17, 15) is 9.59 Å². The smallest absolute Gasteiger partial charge is 0.314 e. The molecule has 2 rings (SSSR count). The number of unbranched alkanes of at least 4 members (excludes halogenated alkanes) is 8. The Morgan fingerprint density at radius 1 is 0.846 bits per heavy atom. The van der Waals surface area contributed by atoms with Crippen molar-refractivity contribution in [2.24, 2.45) is 17.8 Å². The molecule has 5 nitrogen and oxygen atoms in total. The Hall–Kier alpha value is -1.52. The van der Waals surface area contributed by atoms with Crippen LogP contribution >= 0.6 is 0 Å². The number of allylic oxidation sites excluding steroid dienone is 2. The number of nitrogens with one attached hydrogen (secondary N) is 2. The van der Waals surface area contributed by atoms with Crippen LogP contribution in [0.2, 0.25) is 0 Å². The van der Waals surface area contributed by atoms with Gasteiger partial charge in [0.15, 0.2) is 0 Å².